The van der Waals surface area contributed by atoms with Crippen LogP contribution in [0.3, 0.4) is 0 Å². The van der Waals surface area contributed by atoms with Crippen LogP contribution in [0, 0.1) is 0 Å². The number of benzene rings is 1. The molecule has 0 spiro atoms. The van der Waals surface area contributed by atoms with Gasteiger partial charge in [-0.25, -0.2) is 24.4 Å². The molecule has 0 saturated carbocycles. The first-order valence-electron chi connectivity index (χ1n) is 4.86. The van der Waals surface area contributed by atoms with E-state index >= 15 is 0 Å². The minimum atomic E-state index is -0.476. The third-order valence-corrected chi connectivity index (χ3v) is 2.37. The van der Waals surface area contributed by atoms with Crippen molar-refractivity contribution in [2.75, 3.05) is 0 Å². The molecule has 84 valence electrons. The molecule has 0 aliphatic heterocycles. The topological polar surface area (TPSA) is 96.7 Å². The van der Waals surface area contributed by atoms with E-state index in [1.807, 2.05) is 30.3 Å². The molecule has 2 aromatic rings. The zero-order valence-electron chi connectivity index (χ0n) is 8.51. The van der Waals surface area contributed by atoms with Crippen molar-refractivity contribution in [1.29, 1.82) is 0 Å². The Balaban J connectivity index is 2.24. The summed E-state index contributed by atoms with van der Waals surface area (Å²) in [6.07, 6.45) is 0. The second-order valence-corrected chi connectivity index (χ2v) is 3.49. The Morgan fingerprint density at radius 2 is 1.69 bits per heavy atom. The molecule has 0 saturated heterocycles. The summed E-state index contributed by atoms with van der Waals surface area (Å²) in [6, 6.07) is 8.94. The van der Waals surface area contributed by atoms with Crippen molar-refractivity contribution in [2.45, 2.75) is 12.6 Å². The fourth-order valence-electron chi connectivity index (χ4n) is 1.50. The Kier molecular flexibility index (Phi) is 2.74. The number of rotatable bonds is 3. The quantitative estimate of drug-likeness (QED) is 0.654. The van der Waals surface area contributed by atoms with E-state index in [4.69, 9.17) is 5.73 Å². The van der Waals surface area contributed by atoms with Gasteiger partial charge in [0.2, 0.25) is 0 Å². The molecule has 2 rings (SSSR count). The van der Waals surface area contributed by atoms with E-state index in [9.17, 15) is 9.59 Å². The maximum Gasteiger partial charge on any atom is 0.344 e. The number of nitrogens with one attached hydrogen (secondary N) is 2. The van der Waals surface area contributed by atoms with E-state index in [2.05, 4.69) is 10.2 Å². The van der Waals surface area contributed by atoms with Crippen LogP contribution in [-0.2, 0) is 6.54 Å². The van der Waals surface area contributed by atoms with Gasteiger partial charge in [-0.1, -0.05) is 30.3 Å². The first kappa shape index (κ1) is 10.4. The van der Waals surface area contributed by atoms with Gasteiger partial charge in [0, 0.05) is 6.04 Å². The second-order valence-electron chi connectivity index (χ2n) is 3.49. The maximum atomic E-state index is 11.2. The molecule has 0 bridgehead atoms. The first-order chi connectivity index (χ1) is 7.68. The smallest absolute Gasteiger partial charge is 0.322 e. The molecule has 1 heterocycles. The molecule has 16 heavy (non-hydrogen) atoms. The van der Waals surface area contributed by atoms with Crippen molar-refractivity contribution in [2.24, 2.45) is 5.73 Å². The van der Waals surface area contributed by atoms with Gasteiger partial charge in [-0.2, -0.15) is 0 Å². The highest BCUT2D eigenvalue weighted by atomic mass is 16.2. The highest BCUT2D eigenvalue weighted by Gasteiger charge is 2.10. The predicted octanol–water partition coefficient (Wildman–Crippen LogP) is -0.435. The molecular weight excluding hydrogens is 208 g/mol. The molecule has 1 atom stereocenters. The summed E-state index contributed by atoms with van der Waals surface area (Å²) in [5.74, 6) is 0. The Bertz CT molecular complexity index is 539. The van der Waals surface area contributed by atoms with Gasteiger partial charge in [-0.3, -0.25) is 0 Å². The predicted molar refractivity (Wildman–Crippen MR) is 59.0 cm³/mol. The van der Waals surface area contributed by atoms with Crippen LogP contribution >= 0.6 is 0 Å². The summed E-state index contributed by atoms with van der Waals surface area (Å²) < 4.78 is 1.04. The van der Waals surface area contributed by atoms with Crippen LogP contribution in [0.4, 0.5) is 0 Å². The normalized spacial score (nSPS) is 12.6. The fraction of sp³-hybridized carbons (Fsp3) is 0.200. The van der Waals surface area contributed by atoms with Crippen molar-refractivity contribution in [3.05, 3.63) is 56.9 Å². The second kappa shape index (κ2) is 4.19. The number of nitrogens with zero attached hydrogens (tertiary/aromatic N) is 1. The van der Waals surface area contributed by atoms with Crippen LogP contribution in [0.5, 0.6) is 0 Å². The lowest BCUT2D eigenvalue weighted by Gasteiger charge is -2.10. The molecule has 6 heteroatoms. The summed E-state index contributed by atoms with van der Waals surface area (Å²) >= 11 is 0. The zero-order chi connectivity index (χ0) is 11.5. The number of H-pyrrole nitrogens is 2. The van der Waals surface area contributed by atoms with Crippen LogP contribution in [-0.4, -0.2) is 14.8 Å². The van der Waals surface area contributed by atoms with Gasteiger partial charge in [0.15, 0.2) is 0 Å². The summed E-state index contributed by atoms with van der Waals surface area (Å²) in [7, 11) is 0. The van der Waals surface area contributed by atoms with E-state index < -0.39 is 11.4 Å². The van der Waals surface area contributed by atoms with Crippen LogP contribution in [0.25, 0.3) is 0 Å². The van der Waals surface area contributed by atoms with E-state index in [1.54, 1.807) is 0 Å². The van der Waals surface area contributed by atoms with Crippen molar-refractivity contribution in [3.8, 4) is 0 Å². The lowest BCUT2D eigenvalue weighted by Crippen LogP contribution is -2.31. The molecule has 1 aromatic carbocycles. The third-order valence-electron chi connectivity index (χ3n) is 2.37. The molecule has 6 nitrogen and oxygen atoms in total. The van der Waals surface area contributed by atoms with Crippen LogP contribution in [0.1, 0.15) is 11.6 Å². The van der Waals surface area contributed by atoms with Gasteiger partial charge < -0.3 is 5.73 Å². The number of aromatic nitrogens is 3. The minimum absolute atomic E-state index is 0.154. The molecule has 1 aromatic heterocycles. The molecular formula is C10H12N4O2. The summed E-state index contributed by atoms with van der Waals surface area (Å²) in [5, 5.41) is 4.42. The van der Waals surface area contributed by atoms with Gasteiger partial charge in [0.25, 0.3) is 0 Å². The lowest BCUT2D eigenvalue weighted by molar-refractivity contribution is 0.550. The van der Waals surface area contributed by atoms with Gasteiger partial charge >= 0.3 is 11.4 Å². The highest BCUT2D eigenvalue weighted by molar-refractivity contribution is 5.18. The molecule has 0 aliphatic carbocycles. The largest absolute Gasteiger partial charge is 0.344 e. The van der Waals surface area contributed by atoms with E-state index in [-0.39, 0.29) is 12.6 Å². The molecule has 1 unspecified atom stereocenters. The monoisotopic (exact) mass is 220 g/mol. The summed E-state index contributed by atoms with van der Waals surface area (Å²) in [4.78, 5) is 22.5. The highest BCUT2D eigenvalue weighted by Crippen LogP contribution is 2.09. The molecule has 0 radical (unpaired) electrons. The maximum absolute atomic E-state index is 11.2. The Morgan fingerprint density at radius 3 is 2.25 bits per heavy atom. The minimum Gasteiger partial charge on any atom is -0.322 e. The number of nitrogens with two attached hydrogens (primary N) is 1. The molecule has 0 fully saturated rings. The van der Waals surface area contributed by atoms with Crippen LogP contribution in [0.2, 0.25) is 0 Å². The molecule has 4 N–H and O–H groups in total. The van der Waals surface area contributed by atoms with E-state index in [1.165, 1.54) is 0 Å². The van der Waals surface area contributed by atoms with Crippen LogP contribution in [0.15, 0.2) is 39.9 Å². The Hall–Kier alpha value is -2.08. The van der Waals surface area contributed by atoms with Gasteiger partial charge in [0.1, 0.15) is 0 Å². The average molecular weight is 220 g/mol. The fourth-order valence-corrected chi connectivity index (χ4v) is 1.50. The van der Waals surface area contributed by atoms with Crippen molar-refractivity contribution < 1.29 is 0 Å². The third kappa shape index (κ3) is 1.96. The van der Waals surface area contributed by atoms with Crippen LogP contribution < -0.4 is 17.1 Å². The van der Waals surface area contributed by atoms with Crippen molar-refractivity contribution in [3.63, 3.8) is 0 Å². The van der Waals surface area contributed by atoms with Gasteiger partial charge in [0.05, 0.1) is 6.54 Å². The average Bonchev–Trinajstić information content (AvgIpc) is 2.62. The summed E-state index contributed by atoms with van der Waals surface area (Å²) in [6.45, 7) is 0.154. The zero-order valence-corrected chi connectivity index (χ0v) is 8.51. The van der Waals surface area contributed by atoms with Gasteiger partial charge in [-0.15, -0.1) is 0 Å². The number of hydrogen-bond donors (Lipinski definition) is 3. The number of aromatic amines is 2. The Morgan fingerprint density at radius 1 is 1.12 bits per heavy atom. The van der Waals surface area contributed by atoms with Crippen molar-refractivity contribution >= 4 is 0 Å². The number of hydrogen-bond acceptors (Lipinski definition) is 3. The Labute approximate surface area is 90.7 Å². The molecule has 0 aliphatic rings. The SMILES string of the molecule is NC(Cn1c(=O)[nH][nH]c1=O)c1ccccc1. The lowest BCUT2D eigenvalue weighted by atomic mass is 10.1. The summed E-state index contributed by atoms with van der Waals surface area (Å²) in [5.41, 5.74) is 5.83. The van der Waals surface area contributed by atoms with E-state index in [0.717, 1.165) is 10.1 Å². The van der Waals surface area contributed by atoms with Gasteiger partial charge in [-0.05, 0) is 5.56 Å². The van der Waals surface area contributed by atoms with E-state index in [0.29, 0.717) is 0 Å². The van der Waals surface area contributed by atoms with Crippen molar-refractivity contribution in [1.82, 2.24) is 14.8 Å². The molecule has 0 amide bonds. The standard InChI is InChI=1S/C10H12N4O2/c11-8(7-4-2-1-3-5-7)6-14-9(15)12-13-10(14)16/h1-5,8H,6,11H2,(H,12,15)(H,13,16). The first-order valence-corrected chi connectivity index (χ1v) is 4.86.